The highest BCUT2D eigenvalue weighted by atomic mass is 16.4. The van der Waals surface area contributed by atoms with Crippen molar-refractivity contribution in [3.05, 3.63) is 34.2 Å². The number of aromatic amines is 1. The fourth-order valence-corrected chi connectivity index (χ4v) is 1.94. The van der Waals surface area contributed by atoms with Gasteiger partial charge in [-0.1, -0.05) is 0 Å². The van der Waals surface area contributed by atoms with Crippen LogP contribution in [0.25, 0.3) is 0 Å². The van der Waals surface area contributed by atoms with E-state index in [0.29, 0.717) is 0 Å². The Morgan fingerprint density at radius 3 is 2.78 bits per heavy atom. The molecule has 1 amide bonds. The van der Waals surface area contributed by atoms with Crippen LogP contribution in [-0.4, -0.2) is 45.5 Å². The number of aromatic nitrogens is 1. The van der Waals surface area contributed by atoms with Gasteiger partial charge in [0, 0.05) is 30.9 Å². The molecule has 0 radical (unpaired) electrons. The summed E-state index contributed by atoms with van der Waals surface area (Å²) >= 11 is 0. The number of carboxylic acids is 1. The number of nitrogens with one attached hydrogen (secondary N) is 1. The number of nitrogens with two attached hydrogens (primary N) is 1. The van der Waals surface area contributed by atoms with Crippen LogP contribution in [0.3, 0.4) is 0 Å². The number of nitrogens with zero attached hydrogens (tertiary/aromatic N) is 1. The van der Waals surface area contributed by atoms with Gasteiger partial charge < -0.3 is 20.7 Å². The molecule has 0 saturated carbocycles. The van der Waals surface area contributed by atoms with Crippen molar-refractivity contribution in [3.8, 4) is 0 Å². The van der Waals surface area contributed by atoms with Crippen molar-refractivity contribution in [2.45, 2.75) is 12.0 Å². The Balaban J connectivity index is 2.18. The summed E-state index contributed by atoms with van der Waals surface area (Å²) in [5.74, 6) is -1.50. The van der Waals surface area contributed by atoms with Crippen LogP contribution in [0.4, 0.5) is 0 Å². The van der Waals surface area contributed by atoms with E-state index in [2.05, 4.69) is 4.98 Å². The standard InChI is InChI=1S/C11H13N3O4/c12-11(10(17)18)2-4-14(6-11)9(16)7-1-3-13-8(15)5-7/h1,3,5H,2,4,6,12H2,(H,13,15)(H,17,18). The highest BCUT2D eigenvalue weighted by molar-refractivity contribution is 5.95. The highest BCUT2D eigenvalue weighted by Crippen LogP contribution is 2.20. The Morgan fingerprint density at radius 1 is 1.50 bits per heavy atom. The molecular formula is C11H13N3O4. The van der Waals surface area contributed by atoms with E-state index < -0.39 is 11.5 Å². The third-order valence-corrected chi connectivity index (χ3v) is 3.04. The number of hydrogen-bond donors (Lipinski definition) is 3. The van der Waals surface area contributed by atoms with Crippen molar-refractivity contribution in [1.29, 1.82) is 0 Å². The largest absolute Gasteiger partial charge is 0.480 e. The molecule has 1 saturated heterocycles. The monoisotopic (exact) mass is 251 g/mol. The molecule has 2 rings (SSSR count). The molecule has 7 nitrogen and oxygen atoms in total. The highest BCUT2D eigenvalue weighted by Gasteiger charge is 2.43. The van der Waals surface area contributed by atoms with Gasteiger partial charge in [-0.15, -0.1) is 0 Å². The molecule has 0 bridgehead atoms. The first-order chi connectivity index (χ1) is 8.42. The van der Waals surface area contributed by atoms with Crippen LogP contribution in [0.15, 0.2) is 23.1 Å². The SMILES string of the molecule is NC1(C(=O)O)CCN(C(=O)c2cc[nH]c(=O)c2)C1. The zero-order valence-corrected chi connectivity index (χ0v) is 9.55. The molecule has 1 fully saturated rings. The van der Waals surface area contributed by atoms with E-state index in [4.69, 9.17) is 10.8 Å². The fourth-order valence-electron chi connectivity index (χ4n) is 1.94. The van der Waals surface area contributed by atoms with Gasteiger partial charge in [0.05, 0.1) is 0 Å². The number of aliphatic carboxylic acids is 1. The van der Waals surface area contributed by atoms with Crippen LogP contribution in [-0.2, 0) is 4.79 Å². The van der Waals surface area contributed by atoms with E-state index in [-0.39, 0.29) is 36.5 Å². The third kappa shape index (κ3) is 2.12. The minimum absolute atomic E-state index is 0.0477. The van der Waals surface area contributed by atoms with Crippen molar-refractivity contribution >= 4 is 11.9 Å². The summed E-state index contributed by atoms with van der Waals surface area (Å²) in [6, 6.07) is 2.65. The lowest BCUT2D eigenvalue weighted by atomic mass is 10.0. The maximum absolute atomic E-state index is 12.0. The zero-order valence-electron chi connectivity index (χ0n) is 9.55. The van der Waals surface area contributed by atoms with Gasteiger partial charge in [0.2, 0.25) is 5.56 Å². The van der Waals surface area contributed by atoms with Gasteiger partial charge in [0.15, 0.2) is 0 Å². The summed E-state index contributed by atoms with van der Waals surface area (Å²) in [7, 11) is 0. The summed E-state index contributed by atoms with van der Waals surface area (Å²) in [5, 5.41) is 8.97. The molecule has 0 aliphatic carbocycles. The summed E-state index contributed by atoms with van der Waals surface area (Å²) in [5.41, 5.74) is 4.14. The van der Waals surface area contributed by atoms with E-state index in [1.54, 1.807) is 0 Å². The molecule has 0 aromatic carbocycles. The van der Waals surface area contributed by atoms with E-state index >= 15 is 0 Å². The first kappa shape index (κ1) is 12.3. The van der Waals surface area contributed by atoms with Gasteiger partial charge in [-0.2, -0.15) is 0 Å². The first-order valence-corrected chi connectivity index (χ1v) is 5.43. The van der Waals surface area contributed by atoms with Crippen molar-refractivity contribution in [2.75, 3.05) is 13.1 Å². The van der Waals surface area contributed by atoms with Crippen LogP contribution < -0.4 is 11.3 Å². The molecule has 1 unspecified atom stereocenters. The minimum atomic E-state index is -1.39. The Labute approximate surface area is 102 Å². The smallest absolute Gasteiger partial charge is 0.325 e. The first-order valence-electron chi connectivity index (χ1n) is 5.43. The molecule has 2 heterocycles. The predicted octanol–water partition coefficient (Wildman–Crippen LogP) is -0.997. The predicted molar refractivity (Wildman–Crippen MR) is 62.1 cm³/mol. The average molecular weight is 251 g/mol. The second-order valence-electron chi connectivity index (χ2n) is 4.38. The molecule has 1 aromatic rings. The number of carboxylic acid groups (broad SMARTS) is 1. The second-order valence-corrected chi connectivity index (χ2v) is 4.38. The lowest BCUT2D eigenvalue weighted by molar-refractivity contribution is -0.142. The van der Waals surface area contributed by atoms with Crippen LogP contribution in [0.1, 0.15) is 16.8 Å². The number of H-pyrrole nitrogens is 1. The molecular weight excluding hydrogens is 238 g/mol. The maximum atomic E-state index is 12.0. The van der Waals surface area contributed by atoms with Gasteiger partial charge in [0.1, 0.15) is 5.54 Å². The molecule has 1 atom stereocenters. The van der Waals surface area contributed by atoms with Gasteiger partial charge in [-0.25, -0.2) is 0 Å². The summed E-state index contributed by atoms with van der Waals surface area (Å²) < 4.78 is 0. The molecule has 96 valence electrons. The molecule has 1 aliphatic heterocycles. The van der Waals surface area contributed by atoms with E-state index in [0.717, 1.165) is 0 Å². The van der Waals surface area contributed by atoms with Gasteiger partial charge in [-0.05, 0) is 12.5 Å². The zero-order chi connectivity index (χ0) is 13.3. The summed E-state index contributed by atoms with van der Waals surface area (Å²) in [4.78, 5) is 37.9. The number of carbonyl (C=O) groups is 2. The van der Waals surface area contributed by atoms with Crippen molar-refractivity contribution in [3.63, 3.8) is 0 Å². The fraction of sp³-hybridized carbons (Fsp3) is 0.364. The lowest BCUT2D eigenvalue weighted by Gasteiger charge is -2.20. The Bertz CT molecular complexity index is 553. The van der Waals surface area contributed by atoms with Crippen LogP contribution in [0.2, 0.25) is 0 Å². The van der Waals surface area contributed by atoms with Crippen LogP contribution in [0.5, 0.6) is 0 Å². The molecule has 1 aromatic heterocycles. The Hall–Kier alpha value is -2.15. The number of carbonyl (C=O) groups excluding carboxylic acids is 1. The van der Waals surface area contributed by atoms with Crippen molar-refractivity contribution in [2.24, 2.45) is 5.73 Å². The number of hydrogen-bond acceptors (Lipinski definition) is 4. The van der Waals surface area contributed by atoms with Gasteiger partial charge >= 0.3 is 5.97 Å². The number of amides is 1. The summed E-state index contributed by atoms with van der Waals surface area (Å²) in [6.07, 6.45) is 1.58. The quantitative estimate of drug-likeness (QED) is 0.623. The topological polar surface area (TPSA) is 116 Å². The second kappa shape index (κ2) is 4.26. The summed E-state index contributed by atoms with van der Waals surface area (Å²) in [6.45, 7) is 0.225. The molecule has 18 heavy (non-hydrogen) atoms. The molecule has 4 N–H and O–H groups in total. The van der Waals surface area contributed by atoms with E-state index in [9.17, 15) is 14.4 Å². The normalized spacial score (nSPS) is 23.1. The van der Waals surface area contributed by atoms with Crippen LogP contribution in [0, 0.1) is 0 Å². The molecule has 1 aliphatic rings. The lowest BCUT2D eigenvalue weighted by Crippen LogP contribution is -2.50. The number of pyridine rings is 1. The van der Waals surface area contributed by atoms with E-state index in [1.165, 1.54) is 23.2 Å². The Morgan fingerprint density at radius 2 is 2.22 bits per heavy atom. The van der Waals surface area contributed by atoms with Crippen molar-refractivity contribution in [1.82, 2.24) is 9.88 Å². The third-order valence-electron chi connectivity index (χ3n) is 3.04. The molecule has 7 heteroatoms. The van der Waals surface area contributed by atoms with Crippen molar-refractivity contribution < 1.29 is 14.7 Å². The van der Waals surface area contributed by atoms with Gasteiger partial charge in [0.25, 0.3) is 5.91 Å². The Kier molecular flexibility index (Phi) is 2.92. The van der Waals surface area contributed by atoms with Crippen LogP contribution >= 0.6 is 0 Å². The number of rotatable bonds is 2. The number of likely N-dealkylation sites (tertiary alicyclic amines) is 1. The molecule has 0 spiro atoms. The maximum Gasteiger partial charge on any atom is 0.325 e. The van der Waals surface area contributed by atoms with Gasteiger partial charge in [-0.3, -0.25) is 14.4 Å². The minimum Gasteiger partial charge on any atom is -0.480 e. The van der Waals surface area contributed by atoms with E-state index in [1.807, 2.05) is 0 Å². The average Bonchev–Trinajstić information content (AvgIpc) is 2.72.